The van der Waals surface area contributed by atoms with E-state index in [-0.39, 0.29) is 35.6 Å². The first kappa shape index (κ1) is 27.3. The van der Waals surface area contributed by atoms with E-state index in [1.165, 1.54) is 12.1 Å². The van der Waals surface area contributed by atoms with Crippen LogP contribution in [-0.4, -0.2) is 44.3 Å². The van der Waals surface area contributed by atoms with Crippen LogP contribution in [0.1, 0.15) is 33.3 Å². The fraction of sp³-hybridized carbons (Fsp3) is 0.579. The second kappa shape index (κ2) is 12.8. The normalized spacial score (nSPS) is 12.0. The Bertz CT molecular complexity index is 644. The molecule has 0 radical (unpaired) electrons. The lowest BCUT2D eigenvalue weighted by Gasteiger charge is -2.18. The number of amides is 1. The molecule has 0 aliphatic carbocycles. The van der Waals surface area contributed by atoms with Gasteiger partial charge in [0.05, 0.1) is 6.54 Å². The van der Waals surface area contributed by atoms with E-state index in [0.717, 1.165) is 5.56 Å². The number of nitrogens with one attached hydrogen (secondary N) is 3. The van der Waals surface area contributed by atoms with Crippen LogP contribution in [0.15, 0.2) is 29.3 Å². The van der Waals surface area contributed by atoms with Crippen LogP contribution in [-0.2, 0) is 11.3 Å². The smallest absolute Gasteiger partial charge is 0.422 e. The van der Waals surface area contributed by atoms with Gasteiger partial charge >= 0.3 is 6.18 Å². The fourth-order valence-corrected chi connectivity index (χ4v) is 1.99. The third-order valence-corrected chi connectivity index (χ3v) is 3.47. The molecule has 6 nitrogen and oxygen atoms in total. The molecule has 0 saturated carbocycles. The number of alkyl halides is 3. The highest BCUT2D eigenvalue weighted by Gasteiger charge is 2.28. The number of carbonyl (C=O) groups excluding carboxylic acids is 1. The van der Waals surface area contributed by atoms with Crippen LogP contribution >= 0.6 is 24.0 Å². The summed E-state index contributed by atoms with van der Waals surface area (Å²) in [6, 6.07) is 6.31. The first-order valence-electron chi connectivity index (χ1n) is 9.10. The minimum Gasteiger partial charge on any atom is -0.484 e. The lowest BCUT2D eigenvalue weighted by molar-refractivity contribution is -0.153. The van der Waals surface area contributed by atoms with Crippen LogP contribution in [0.2, 0.25) is 0 Å². The van der Waals surface area contributed by atoms with Gasteiger partial charge in [-0.25, -0.2) is 4.99 Å². The molecule has 0 atom stereocenters. The molecular formula is C19H30F3IN4O2. The largest absolute Gasteiger partial charge is 0.484 e. The summed E-state index contributed by atoms with van der Waals surface area (Å²) in [7, 11) is 0. The first-order valence-corrected chi connectivity index (χ1v) is 9.10. The number of guanidine groups is 1. The number of rotatable bonds is 8. The van der Waals surface area contributed by atoms with Crippen molar-refractivity contribution in [3.63, 3.8) is 0 Å². The fourth-order valence-electron chi connectivity index (χ4n) is 1.99. The summed E-state index contributed by atoms with van der Waals surface area (Å²) in [5.41, 5.74) is 0.395. The molecule has 0 aliphatic heterocycles. The topological polar surface area (TPSA) is 74.8 Å². The van der Waals surface area contributed by atoms with Gasteiger partial charge in [-0.2, -0.15) is 13.2 Å². The van der Waals surface area contributed by atoms with Gasteiger partial charge in [0.1, 0.15) is 5.75 Å². The van der Waals surface area contributed by atoms with Gasteiger partial charge in [0.25, 0.3) is 0 Å². The molecule has 166 valence electrons. The zero-order valence-corrected chi connectivity index (χ0v) is 19.5. The van der Waals surface area contributed by atoms with Crippen molar-refractivity contribution in [1.29, 1.82) is 0 Å². The van der Waals surface area contributed by atoms with E-state index in [1.807, 2.05) is 27.7 Å². The quantitative estimate of drug-likeness (QED) is 0.208. The van der Waals surface area contributed by atoms with Gasteiger partial charge in [-0.3, -0.25) is 4.79 Å². The predicted octanol–water partition coefficient (Wildman–Crippen LogP) is 3.46. The maximum absolute atomic E-state index is 12.2. The van der Waals surface area contributed by atoms with Gasteiger partial charge < -0.3 is 20.7 Å². The van der Waals surface area contributed by atoms with Crippen molar-refractivity contribution in [1.82, 2.24) is 16.0 Å². The highest BCUT2D eigenvalue weighted by Crippen LogP contribution is 2.19. The summed E-state index contributed by atoms with van der Waals surface area (Å²) in [4.78, 5) is 16.2. The lowest BCUT2D eigenvalue weighted by atomic mass is 9.96. The van der Waals surface area contributed by atoms with Crippen molar-refractivity contribution in [3.8, 4) is 5.75 Å². The Morgan fingerprint density at radius 3 is 2.14 bits per heavy atom. The van der Waals surface area contributed by atoms with Gasteiger partial charge in [0.2, 0.25) is 5.91 Å². The Balaban J connectivity index is 0.00000784. The van der Waals surface area contributed by atoms with Crippen molar-refractivity contribution in [2.24, 2.45) is 10.4 Å². The second-order valence-corrected chi connectivity index (χ2v) is 7.18. The van der Waals surface area contributed by atoms with Crippen molar-refractivity contribution in [2.45, 2.75) is 40.4 Å². The molecule has 0 bridgehead atoms. The Hall–Kier alpha value is -1.72. The average Bonchev–Trinajstić information content (AvgIpc) is 2.60. The molecular weight excluding hydrogens is 500 g/mol. The molecule has 0 aromatic heterocycles. The molecule has 0 fully saturated rings. The zero-order valence-electron chi connectivity index (χ0n) is 17.2. The third kappa shape index (κ3) is 12.4. The summed E-state index contributed by atoms with van der Waals surface area (Å²) in [6.45, 7) is 8.16. The van der Waals surface area contributed by atoms with E-state index in [0.29, 0.717) is 32.1 Å². The molecule has 0 heterocycles. The Morgan fingerprint density at radius 1 is 1.03 bits per heavy atom. The minimum absolute atomic E-state index is 0. The highest BCUT2D eigenvalue weighted by molar-refractivity contribution is 14.0. The molecule has 1 amide bonds. The summed E-state index contributed by atoms with van der Waals surface area (Å²) < 4.78 is 41.1. The number of hydrogen-bond acceptors (Lipinski definition) is 3. The van der Waals surface area contributed by atoms with E-state index >= 15 is 0 Å². The molecule has 10 heteroatoms. The van der Waals surface area contributed by atoms with Crippen molar-refractivity contribution in [3.05, 3.63) is 29.8 Å². The number of aliphatic imine (C=N–C) groups is 1. The van der Waals surface area contributed by atoms with E-state index in [9.17, 15) is 18.0 Å². The van der Waals surface area contributed by atoms with Crippen molar-refractivity contribution in [2.75, 3.05) is 26.2 Å². The zero-order chi connectivity index (χ0) is 21.2. The van der Waals surface area contributed by atoms with E-state index in [1.54, 1.807) is 12.1 Å². The molecule has 0 saturated heterocycles. The molecule has 29 heavy (non-hydrogen) atoms. The Morgan fingerprint density at radius 2 is 1.62 bits per heavy atom. The van der Waals surface area contributed by atoms with Crippen LogP contribution in [0, 0.1) is 5.41 Å². The predicted molar refractivity (Wildman–Crippen MR) is 119 cm³/mol. The molecule has 0 spiro atoms. The van der Waals surface area contributed by atoms with Gasteiger partial charge in [0.15, 0.2) is 12.6 Å². The number of ether oxygens (including phenoxy) is 1. The maximum Gasteiger partial charge on any atom is 0.422 e. The summed E-state index contributed by atoms with van der Waals surface area (Å²) in [6.07, 6.45) is -4.36. The van der Waals surface area contributed by atoms with Crippen molar-refractivity contribution < 1.29 is 22.7 Å². The monoisotopic (exact) mass is 530 g/mol. The van der Waals surface area contributed by atoms with Crippen LogP contribution in [0.25, 0.3) is 0 Å². The highest BCUT2D eigenvalue weighted by atomic mass is 127. The Labute approximate surface area is 187 Å². The number of benzene rings is 1. The van der Waals surface area contributed by atoms with Gasteiger partial charge in [-0.1, -0.05) is 32.9 Å². The van der Waals surface area contributed by atoms with Crippen molar-refractivity contribution >= 4 is 35.8 Å². The molecule has 1 aromatic carbocycles. The van der Waals surface area contributed by atoms with Crippen LogP contribution in [0.3, 0.4) is 0 Å². The molecule has 0 unspecified atom stereocenters. The average molecular weight is 530 g/mol. The number of nitrogens with zero attached hydrogens (tertiary/aromatic N) is 1. The van der Waals surface area contributed by atoms with Gasteiger partial charge in [0, 0.05) is 25.0 Å². The van der Waals surface area contributed by atoms with E-state index in [4.69, 9.17) is 0 Å². The van der Waals surface area contributed by atoms with Crippen LogP contribution in [0.5, 0.6) is 5.75 Å². The molecule has 1 aromatic rings. The Kier molecular flexibility index (Phi) is 12.0. The van der Waals surface area contributed by atoms with Crippen LogP contribution in [0.4, 0.5) is 13.2 Å². The van der Waals surface area contributed by atoms with Gasteiger partial charge in [-0.15, -0.1) is 24.0 Å². The van der Waals surface area contributed by atoms with E-state index < -0.39 is 18.2 Å². The number of carbonyl (C=O) groups is 1. The number of hydrogen-bond donors (Lipinski definition) is 3. The minimum atomic E-state index is -4.36. The van der Waals surface area contributed by atoms with Gasteiger partial charge in [-0.05, 0) is 24.6 Å². The second-order valence-electron chi connectivity index (χ2n) is 7.18. The summed E-state index contributed by atoms with van der Waals surface area (Å²) in [5.74, 6) is 0.721. The first-order chi connectivity index (χ1) is 13.0. The summed E-state index contributed by atoms with van der Waals surface area (Å²) in [5, 5.41) is 9.06. The lowest BCUT2D eigenvalue weighted by Crippen LogP contribution is -2.43. The third-order valence-electron chi connectivity index (χ3n) is 3.47. The van der Waals surface area contributed by atoms with E-state index in [2.05, 4.69) is 25.7 Å². The van der Waals surface area contributed by atoms with Crippen LogP contribution < -0.4 is 20.7 Å². The standard InChI is InChI=1S/C19H29F3N4O2.HI/c1-5-23-17(25-11-10-24-16(27)18(2,3)4)26-12-14-6-8-15(9-7-14)28-13-19(20,21)22;/h6-9H,5,10-13H2,1-4H3,(H,24,27)(H2,23,25,26);1H. The SMILES string of the molecule is CCNC(=NCc1ccc(OCC(F)(F)F)cc1)NCCNC(=O)C(C)(C)C.I. The molecule has 3 N–H and O–H groups in total. The molecule has 1 rings (SSSR count). The maximum atomic E-state index is 12.2. The number of halogens is 4. The summed E-state index contributed by atoms with van der Waals surface area (Å²) >= 11 is 0. The molecule has 0 aliphatic rings.